The average Bonchev–Trinajstić information content (AvgIpc) is 2.95. The first-order chi connectivity index (χ1) is 8.72. The van der Waals surface area contributed by atoms with Gasteiger partial charge in [0.1, 0.15) is 0 Å². The minimum absolute atomic E-state index is 0.328. The van der Waals surface area contributed by atoms with E-state index >= 15 is 0 Å². The zero-order valence-electron chi connectivity index (χ0n) is 10.8. The van der Waals surface area contributed by atoms with Crippen molar-refractivity contribution < 1.29 is 4.74 Å². The van der Waals surface area contributed by atoms with Crippen LogP contribution in [0.4, 0.5) is 5.13 Å². The number of aryl methyl sites for hydroxylation is 1. The maximum absolute atomic E-state index is 5.69. The van der Waals surface area contributed by atoms with Gasteiger partial charge in [-0.05, 0) is 44.4 Å². The monoisotopic (exact) mass is 262 g/mol. The second-order valence-corrected chi connectivity index (χ2v) is 6.01. The first-order valence-corrected chi connectivity index (χ1v) is 7.29. The van der Waals surface area contributed by atoms with Gasteiger partial charge in [-0.25, -0.2) is 4.98 Å². The van der Waals surface area contributed by atoms with E-state index in [1.165, 1.54) is 16.7 Å². The molecule has 2 atom stereocenters. The lowest BCUT2D eigenvalue weighted by atomic mass is 10.1. The summed E-state index contributed by atoms with van der Waals surface area (Å²) in [6, 6.07) is 6.74. The van der Waals surface area contributed by atoms with E-state index in [1.54, 1.807) is 11.3 Å². The molecule has 96 valence electrons. The zero-order chi connectivity index (χ0) is 12.5. The Hall–Kier alpha value is -1.13. The van der Waals surface area contributed by atoms with Gasteiger partial charge in [-0.2, -0.15) is 0 Å². The second kappa shape index (κ2) is 4.86. The molecule has 1 aromatic heterocycles. The molecule has 2 heterocycles. The van der Waals surface area contributed by atoms with Crippen LogP contribution in [0.3, 0.4) is 0 Å². The van der Waals surface area contributed by atoms with Crippen molar-refractivity contribution in [3.8, 4) is 0 Å². The Morgan fingerprint density at radius 1 is 1.50 bits per heavy atom. The smallest absolute Gasteiger partial charge is 0.184 e. The first-order valence-electron chi connectivity index (χ1n) is 6.48. The highest BCUT2D eigenvalue weighted by Crippen LogP contribution is 2.28. The molecule has 3 rings (SSSR count). The molecule has 1 aromatic carbocycles. The van der Waals surface area contributed by atoms with Crippen LogP contribution in [0.15, 0.2) is 18.2 Å². The number of ether oxygens (including phenoxy) is 1. The summed E-state index contributed by atoms with van der Waals surface area (Å²) in [5.41, 5.74) is 2.34. The summed E-state index contributed by atoms with van der Waals surface area (Å²) in [6.45, 7) is 5.17. The molecule has 2 unspecified atom stereocenters. The molecule has 1 aliphatic heterocycles. The van der Waals surface area contributed by atoms with Gasteiger partial charge in [0.25, 0.3) is 0 Å². The van der Waals surface area contributed by atoms with Crippen LogP contribution in [-0.2, 0) is 4.74 Å². The molecule has 3 nitrogen and oxygen atoms in total. The van der Waals surface area contributed by atoms with Crippen molar-refractivity contribution in [3.63, 3.8) is 0 Å². The average molecular weight is 262 g/mol. The second-order valence-electron chi connectivity index (χ2n) is 4.97. The van der Waals surface area contributed by atoms with Crippen LogP contribution in [0, 0.1) is 6.92 Å². The molecular weight excluding hydrogens is 244 g/mol. The molecule has 2 aromatic rings. The molecule has 0 saturated carbocycles. The maximum Gasteiger partial charge on any atom is 0.184 e. The van der Waals surface area contributed by atoms with Gasteiger partial charge in [-0.15, -0.1) is 0 Å². The summed E-state index contributed by atoms with van der Waals surface area (Å²) in [5.74, 6) is 0. The third-order valence-electron chi connectivity index (χ3n) is 3.42. The van der Waals surface area contributed by atoms with E-state index in [0.717, 1.165) is 23.7 Å². The quantitative estimate of drug-likeness (QED) is 0.918. The van der Waals surface area contributed by atoms with Crippen LogP contribution in [0.2, 0.25) is 0 Å². The van der Waals surface area contributed by atoms with Crippen molar-refractivity contribution >= 4 is 26.7 Å². The fourth-order valence-corrected chi connectivity index (χ4v) is 3.33. The van der Waals surface area contributed by atoms with E-state index in [2.05, 4.69) is 42.3 Å². The van der Waals surface area contributed by atoms with Gasteiger partial charge in [0.2, 0.25) is 0 Å². The molecule has 0 spiro atoms. The zero-order valence-corrected chi connectivity index (χ0v) is 11.6. The molecular formula is C14H18N2OS. The fourth-order valence-electron chi connectivity index (χ4n) is 2.38. The third-order valence-corrected chi connectivity index (χ3v) is 4.38. The van der Waals surface area contributed by atoms with Crippen molar-refractivity contribution in [1.82, 2.24) is 4.98 Å². The number of nitrogens with zero attached hydrogens (tertiary/aromatic N) is 1. The number of hydrogen-bond donors (Lipinski definition) is 1. The van der Waals surface area contributed by atoms with Crippen molar-refractivity contribution in [3.05, 3.63) is 23.8 Å². The van der Waals surface area contributed by atoms with Crippen LogP contribution in [0.1, 0.15) is 25.3 Å². The van der Waals surface area contributed by atoms with Gasteiger partial charge >= 0.3 is 0 Å². The van der Waals surface area contributed by atoms with E-state index in [4.69, 9.17) is 4.74 Å². The predicted molar refractivity (Wildman–Crippen MR) is 76.4 cm³/mol. The van der Waals surface area contributed by atoms with Crippen LogP contribution in [0.25, 0.3) is 10.2 Å². The van der Waals surface area contributed by atoms with Gasteiger partial charge < -0.3 is 10.1 Å². The molecule has 1 saturated heterocycles. The molecule has 4 heteroatoms. The molecule has 0 radical (unpaired) electrons. The van der Waals surface area contributed by atoms with E-state index in [1.807, 2.05) is 0 Å². The van der Waals surface area contributed by atoms with E-state index in [0.29, 0.717) is 12.1 Å². The summed E-state index contributed by atoms with van der Waals surface area (Å²) in [7, 11) is 0. The number of fused-ring (bicyclic) bond motifs is 1. The Labute approximate surface area is 111 Å². The Balaban J connectivity index is 1.77. The summed E-state index contributed by atoms with van der Waals surface area (Å²) < 4.78 is 6.93. The summed E-state index contributed by atoms with van der Waals surface area (Å²) >= 11 is 1.72. The van der Waals surface area contributed by atoms with E-state index in [-0.39, 0.29) is 0 Å². The summed E-state index contributed by atoms with van der Waals surface area (Å²) in [6.07, 6.45) is 2.66. The predicted octanol–water partition coefficient (Wildman–Crippen LogP) is 3.58. The molecule has 1 N–H and O–H groups in total. The highest BCUT2D eigenvalue weighted by Gasteiger charge is 2.22. The summed E-state index contributed by atoms with van der Waals surface area (Å²) in [5, 5.41) is 4.47. The van der Waals surface area contributed by atoms with Crippen LogP contribution in [-0.4, -0.2) is 23.7 Å². The number of hydrogen-bond acceptors (Lipinski definition) is 4. The number of nitrogens with one attached hydrogen (secondary N) is 1. The largest absolute Gasteiger partial charge is 0.376 e. The minimum atomic E-state index is 0.328. The minimum Gasteiger partial charge on any atom is -0.376 e. The number of benzene rings is 1. The number of anilines is 1. The van der Waals surface area contributed by atoms with Crippen LogP contribution < -0.4 is 5.32 Å². The SMILES string of the molecule is Cc1ccc2sc(NC(C)C3CCCO3)nc2c1. The topological polar surface area (TPSA) is 34.1 Å². The molecule has 18 heavy (non-hydrogen) atoms. The summed E-state index contributed by atoms with van der Waals surface area (Å²) in [4.78, 5) is 4.64. The van der Waals surface area contributed by atoms with Crippen LogP contribution in [0.5, 0.6) is 0 Å². The molecule has 1 aliphatic rings. The number of thiazole rings is 1. The lowest BCUT2D eigenvalue weighted by Crippen LogP contribution is -2.29. The molecule has 0 aliphatic carbocycles. The lowest BCUT2D eigenvalue weighted by Gasteiger charge is -2.19. The van der Waals surface area contributed by atoms with Gasteiger partial charge in [-0.1, -0.05) is 17.4 Å². The standard InChI is InChI=1S/C14H18N2OS/c1-9-5-6-13-11(8-9)16-14(18-13)15-10(2)12-4-3-7-17-12/h5-6,8,10,12H,3-4,7H2,1-2H3,(H,15,16). The van der Waals surface area contributed by atoms with E-state index < -0.39 is 0 Å². The van der Waals surface area contributed by atoms with E-state index in [9.17, 15) is 0 Å². The normalized spacial score (nSPS) is 21.3. The third kappa shape index (κ3) is 2.35. The Bertz CT molecular complexity index is 546. The Kier molecular flexibility index (Phi) is 3.22. The van der Waals surface area contributed by atoms with Gasteiger partial charge in [-0.3, -0.25) is 0 Å². The molecule has 1 fully saturated rings. The van der Waals surface area contributed by atoms with Gasteiger partial charge in [0, 0.05) is 6.61 Å². The fraction of sp³-hybridized carbons (Fsp3) is 0.500. The molecule has 0 amide bonds. The first kappa shape index (κ1) is 11.9. The van der Waals surface area contributed by atoms with Crippen molar-refractivity contribution in [2.45, 2.75) is 38.8 Å². The lowest BCUT2D eigenvalue weighted by molar-refractivity contribution is 0.0996. The number of aromatic nitrogens is 1. The molecule has 0 bridgehead atoms. The van der Waals surface area contributed by atoms with Crippen LogP contribution >= 0.6 is 11.3 Å². The van der Waals surface area contributed by atoms with Crippen molar-refractivity contribution in [1.29, 1.82) is 0 Å². The maximum atomic E-state index is 5.69. The Morgan fingerprint density at radius 2 is 2.39 bits per heavy atom. The Morgan fingerprint density at radius 3 is 3.17 bits per heavy atom. The van der Waals surface area contributed by atoms with Gasteiger partial charge in [0.15, 0.2) is 5.13 Å². The van der Waals surface area contributed by atoms with Gasteiger partial charge in [0.05, 0.1) is 22.4 Å². The van der Waals surface area contributed by atoms with Crippen molar-refractivity contribution in [2.24, 2.45) is 0 Å². The highest BCUT2D eigenvalue weighted by molar-refractivity contribution is 7.22. The van der Waals surface area contributed by atoms with Crippen molar-refractivity contribution in [2.75, 3.05) is 11.9 Å². The highest BCUT2D eigenvalue weighted by atomic mass is 32.1. The number of rotatable bonds is 3.